The highest BCUT2D eigenvalue weighted by atomic mass is 31.2. The molecule has 190 valence electrons. The molecule has 0 radical (unpaired) electrons. The molecule has 0 saturated heterocycles. The van der Waals surface area contributed by atoms with Gasteiger partial charge in [-0.1, -0.05) is 44.5 Å². The van der Waals surface area contributed by atoms with E-state index in [2.05, 4.69) is 24.1 Å². The monoisotopic (exact) mass is 487 g/mol. The molecule has 0 unspecified atom stereocenters. The summed E-state index contributed by atoms with van der Waals surface area (Å²) in [6.07, 6.45) is 9.01. The van der Waals surface area contributed by atoms with Crippen molar-refractivity contribution in [1.29, 1.82) is 0 Å². The van der Waals surface area contributed by atoms with Crippen LogP contribution >= 0.6 is 7.67 Å². The lowest BCUT2D eigenvalue weighted by atomic mass is 10.2. The lowest BCUT2D eigenvalue weighted by Gasteiger charge is -2.34. The Morgan fingerprint density at radius 1 is 1.18 bits per heavy atom. The molecule has 33 heavy (non-hydrogen) atoms. The number of nitrogens with zero attached hydrogens (tertiary/aromatic N) is 5. The van der Waals surface area contributed by atoms with E-state index >= 15 is 0 Å². The summed E-state index contributed by atoms with van der Waals surface area (Å²) in [4.78, 5) is 14.4. The first-order chi connectivity index (χ1) is 15.7. The minimum absolute atomic E-state index is 0.00960. The van der Waals surface area contributed by atoms with Gasteiger partial charge in [0, 0.05) is 19.6 Å². The van der Waals surface area contributed by atoms with Crippen LogP contribution in [0.3, 0.4) is 0 Å². The number of aromatic nitrogens is 2. The predicted octanol–water partition coefficient (Wildman–Crippen LogP) is 3.94. The fourth-order valence-electron chi connectivity index (χ4n) is 3.39. The SMILES string of the molecule is CCCCCN(C)P(=O)(OC/C(NCC)=C(/N)Cn1ccnc1[N+](=O)[O-])N(C)CCCCC. The zero-order valence-corrected chi connectivity index (χ0v) is 21.7. The van der Waals surface area contributed by atoms with Gasteiger partial charge in [-0.05, 0) is 38.8 Å². The van der Waals surface area contributed by atoms with E-state index in [4.69, 9.17) is 10.3 Å². The molecule has 0 aliphatic carbocycles. The Labute approximate surface area is 198 Å². The van der Waals surface area contributed by atoms with Gasteiger partial charge in [0.2, 0.25) is 0 Å². The van der Waals surface area contributed by atoms with E-state index in [0.717, 1.165) is 38.5 Å². The summed E-state index contributed by atoms with van der Waals surface area (Å²) in [5.41, 5.74) is 7.22. The highest BCUT2D eigenvalue weighted by Gasteiger charge is 2.34. The summed E-state index contributed by atoms with van der Waals surface area (Å²) in [6, 6.07) is 0. The number of nitrogens with two attached hydrogens (primary N) is 1. The number of imidazole rings is 1. The van der Waals surface area contributed by atoms with Gasteiger partial charge in [-0.25, -0.2) is 13.9 Å². The Hall–Kier alpha value is -1.94. The Morgan fingerprint density at radius 3 is 2.24 bits per heavy atom. The number of hydrogen-bond donors (Lipinski definition) is 2. The van der Waals surface area contributed by atoms with Crippen LogP contribution in [0.15, 0.2) is 23.8 Å². The van der Waals surface area contributed by atoms with Gasteiger partial charge in [0.05, 0.1) is 18.0 Å². The van der Waals surface area contributed by atoms with Crippen molar-refractivity contribution in [3.63, 3.8) is 0 Å². The number of allylic oxidation sites excluding steroid dienone is 1. The van der Waals surface area contributed by atoms with Gasteiger partial charge in [0.1, 0.15) is 18.9 Å². The maximum atomic E-state index is 14.0. The molecule has 12 heteroatoms. The number of likely N-dealkylation sites (N-methyl/N-ethyl adjacent to an activating group) is 1. The third kappa shape index (κ3) is 9.08. The second-order valence-electron chi connectivity index (χ2n) is 8.09. The number of rotatable bonds is 18. The fourth-order valence-corrected chi connectivity index (χ4v) is 5.39. The van der Waals surface area contributed by atoms with Crippen LogP contribution < -0.4 is 11.1 Å². The Kier molecular flexibility index (Phi) is 13.3. The van der Waals surface area contributed by atoms with Gasteiger partial charge in [-0.2, -0.15) is 0 Å². The predicted molar refractivity (Wildman–Crippen MR) is 132 cm³/mol. The highest BCUT2D eigenvalue weighted by molar-refractivity contribution is 7.53. The van der Waals surface area contributed by atoms with E-state index in [1.807, 2.05) is 30.4 Å². The number of nitrogens with one attached hydrogen (secondary N) is 1. The molecule has 0 aromatic carbocycles. The summed E-state index contributed by atoms with van der Waals surface area (Å²) >= 11 is 0. The van der Waals surface area contributed by atoms with Crippen LogP contribution in [0.1, 0.15) is 59.3 Å². The van der Waals surface area contributed by atoms with E-state index in [9.17, 15) is 14.7 Å². The first kappa shape index (κ1) is 29.1. The average molecular weight is 488 g/mol. The van der Waals surface area contributed by atoms with E-state index in [1.165, 1.54) is 17.0 Å². The van der Waals surface area contributed by atoms with Crippen molar-refractivity contribution in [2.75, 3.05) is 40.3 Å². The van der Waals surface area contributed by atoms with Gasteiger partial charge in [-0.15, -0.1) is 0 Å². The molecule has 0 bridgehead atoms. The molecule has 1 aromatic rings. The Balaban J connectivity index is 3.06. The lowest BCUT2D eigenvalue weighted by Crippen LogP contribution is -2.32. The molecule has 0 amide bonds. The molecule has 0 fully saturated rings. The highest BCUT2D eigenvalue weighted by Crippen LogP contribution is 2.53. The standard InChI is InChI=1S/C21H42N7O4P/c1-6-9-11-14-25(4)33(31,26(5)15-12-10-7-2)32-18-20(23-8-3)19(22)17-27-16-13-24-21(27)28(29)30/h13,16,23H,6-12,14-15,17-18,22H2,1-5H3/b20-19-. The van der Waals surface area contributed by atoms with Gasteiger partial charge in [0.15, 0.2) is 0 Å². The van der Waals surface area contributed by atoms with Gasteiger partial charge in [0.25, 0.3) is 0 Å². The maximum absolute atomic E-state index is 14.0. The van der Waals surface area contributed by atoms with Gasteiger partial charge in [-0.3, -0.25) is 9.09 Å². The molecule has 3 N–H and O–H groups in total. The van der Waals surface area contributed by atoms with Crippen LogP contribution in [0, 0.1) is 10.1 Å². The molecular weight excluding hydrogens is 445 g/mol. The zero-order valence-electron chi connectivity index (χ0n) is 20.8. The van der Waals surface area contributed by atoms with Crippen molar-refractivity contribution >= 4 is 13.6 Å². The van der Waals surface area contributed by atoms with E-state index in [1.54, 1.807) is 0 Å². The van der Waals surface area contributed by atoms with Crippen molar-refractivity contribution in [2.24, 2.45) is 5.73 Å². The molecule has 1 heterocycles. The normalized spacial score (nSPS) is 12.9. The number of unbranched alkanes of at least 4 members (excludes halogenated alkanes) is 4. The maximum Gasteiger partial charge on any atom is 0.434 e. The second kappa shape index (κ2) is 15.1. The minimum Gasteiger partial charge on any atom is -0.398 e. The quantitative estimate of drug-likeness (QED) is 0.137. The molecular formula is C21H42N7O4P. The fraction of sp³-hybridized carbons (Fsp3) is 0.762. The second-order valence-corrected chi connectivity index (χ2v) is 10.7. The largest absolute Gasteiger partial charge is 0.434 e. The smallest absolute Gasteiger partial charge is 0.398 e. The summed E-state index contributed by atoms with van der Waals surface area (Å²) in [5.74, 6) is -0.285. The summed E-state index contributed by atoms with van der Waals surface area (Å²) in [5, 5.41) is 14.3. The molecule has 0 aliphatic rings. The molecule has 11 nitrogen and oxygen atoms in total. The first-order valence-electron chi connectivity index (χ1n) is 11.8. The molecule has 0 atom stereocenters. The lowest BCUT2D eigenvalue weighted by molar-refractivity contribution is -0.396. The minimum atomic E-state index is -3.29. The van der Waals surface area contributed by atoms with Crippen LogP contribution in [0.25, 0.3) is 0 Å². The number of nitro groups is 1. The average Bonchev–Trinajstić information content (AvgIpc) is 3.24. The summed E-state index contributed by atoms with van der Waals surface area (Å²) < 4.78 is 25.1. The molecule has 0 aliphatic heterocycles. The van der Waals surface area contributed by atoms with Gasteiger partial charge >= 0.3 is 13.6 Å². The van der Waals surface area contributed by atoms with Gasteiger partial charge < -0.3 is 21.2 Å². The van der Waals surface area contributed by atoms with Crippen LogP contribution in [-0.2, 0) is 15.6 Å². The molecule has 1 rings (SSSR count). The van der Waals surface area contributed by atoms with Crippen LogP contribution in [-0.4, -0.2) is 64.2 Å². The van der Waals surface area contributed by atoms with Crippen LogP contribution in [0.4, 0.5) is 5.95 Å². The van der Waals surface area contributed by atoms with E-state index < -0.39 is 12.6 Å². The topological polar surface area (TPSA) is 132 Å². The third-order valence-corrected chi connectivity index (χ3v) is 7.98. The molecule has 1 aromatic heterocycles. The van der Waals surface area contributed by atoms with Crippen LogP contribution in [0.5, 0.6) is 0 Å². The third-order valence-electron chi connectivity index (χ3n) is 5.39. The van der Waals surface area contributed by atoms with Crippen molar-refractivity contribution in [2.45, 2.75) is 65.8 Å². The van der Waals surface area contributed by atoms with Crippen molar-refractivity contribution < 1.29 is 14.0 Å². The summed E-state index contributed by atoms with van der Waals surface area (Å²) in [6.45, 7) is 8.18. The molecule has 0 spiro atoms. The number of hydrogen-bond acceptors (Lipinski definition) is 7. The van der Waals surface area contributed by atoms with Crippen molar-refractivity contribution in [3.8, 4) is 0 Å². The van der Waals surface area contributed by atoms with Crippen molar-refractivity contribution in [1.82, 2.24) is 24.2 Å². The van der Waals surface area contributed by atoms with E-state index in [-0.39, 0.29) is 19.1 Å². The van der Waals surface area contributed by atoms with Crippen molar-refractivity contribution in [3.05, 3.63) is 33.9 Å². The molecule has 0 saturated carbocycles. The Bertz CT molecular complexity index is 779. The first-order valence-corrected chi connectivity index (χ1v) is 13.3. The Morgan fingerprint density at radius 2 is 1.76 bits per heavy atom. The summed E-state index contributed by atoms with van der Waals surface area (Å²) in [7, 11) is 0.385. The van der Waals surface area contributed by atoms with E-state index in [0.29, 0.717) is 31.0 Å². The zero-order chi connectivity index (χ0) is 24.9. The van der Waals surface area contributed by atoms with Crippen LogP contribution in [0.2, 0.25) is 0 Å².